The largest absolute Gasteiger partial charge is 0.298 e. The van der Waals surface area contributed by atoms with Gasteiger partial charge in [-0.1, -0.05) is 6.92 Å². The van der Waals surface area contributed by atoms with Gasteiger partial charge in [-0.25, -0.2) is 13.4 Å². The molecule has 2 heterocycles. The average Bonchev–Trinajstić information content (AvgIpc) is 3.31. The van der Waals surface area contributed by atoms with Crippen molar-refractivity contribution in [2.45, 2.75) is 43.9 Å². The highest BCUT2D eigenvalue weighted by Crippen LogP contribution is 2.32. The zero-order valence-corrected chi connectivity index (χ0v) is 16.9. The topological polar surface area (TPSA) is 79.4 Å². The normalized spacial score (nSPS) is 20.4. The SMILES string of the molecule is C[C@H]1CCc2nc(NC(=O)c3ccc(S(=O)(=O)N4CCCC4)cc3)sc2C1. The van der Waals surface area contributed by atoms with Crippen LogP contribution in [-0.4, -0.2) is 36.7 Å². The molecule has 27 heavy (non-hydrogen) atoms. The van der Waals surface area contributed by atoms with Crippen LogP contribution in [0.1, 0.15) is 47.1 Å². The van der Waals surface area contributed by atoms with Gasteiger partial charge in [0.15, 0.2) is 5.13 Å². The zero-order valence-electron chi connectivity index (χ0n) is 15.3. The van der Waals surface area contributed by atoms with Crippen LogP contribution in [0.4, 0.5) is 5.13 Å². The number of rotatable bonds is 4. The van der Waals surface area contributed by atoms with Crippen LogP contribution in [0.3, 0.4) is 0 Å². The average molecular weight is 406 g/mol. The highest BCUT2D eigenvalue weighted by Gasteiger charge is 2.27. The fraction of sp³-hybridized carbons (Fsp3) is 0.474. The Morgan fingerprint density at radius 3 is 2.63 bits per heavy atom. The van der Waals surface area contributed by atoms with Crippen LogP contribution in [0.25, 0.3) is 0 Å². The molecule has 8 heteroatoms. The van der Waals surface area contributed by atoms with E-state index in [0.717, 1.165) is 37.8 Å². The lowest BCUT2D eigenvalue weighted by Crippen LogP contribution is -2.27. The predicted molar refractivity (Wildman–Crippen MR) is 106 cm³/mol. The third-order valence-electron chi connectivity index (χ3n) is 5.23. The van der Waals surface area contributed by atoms with Crippen LogP contribution in [0.15, 0.2) is 29.2 Å². The minimum absolute atomic E-state index is 0.236. The molecule has 1 aromatic heterocycles. The number of amides is 1. The van der Waals surface area contributed by atoms with Crippen molar-refractivity contribution < 1.29 is 13.2 Å². The second-order valence-electron chi connectivity index (χ2n) is 7.33. The molecule has 0 bridgehead atoms. The van der Waals surface area contributed by atoms with Gasteiger partial charge in [-0.2, -0.15) is 4.31 Å². The second kappa shape index (κ2) is 7.33. The Morgan fingerprint density at radius 2 is 1.93 bits per heavy atom. The van der Waals surface area contributed by atoms with E-state index in [1.807, 2.05) is 0 Å². The van der Waals surface area contributed by atoms with Crippen molar-refractivity contribution in [2.75, 3.05) is 18.4 Å². The van der Waals surface area contributed by atoms with Crippen LogP contribution >= 0.6 is 11.3 Å². The first-order valence-corrected chi connectivity index (χ1v) is 11.6. The standard InChI is InChI=1S/C19H23N3O3S2/c1-13-4-9-16-17(12-13)26-19(20-16)21-18(23)14-5-7-15(8-6-14)27(24,25)22-10-2-3-11-22/h5-8,13H,2-4,9-12H2,1H3,(H,20,21,23)/t13-/m0/s1. The van der Waals surface area contributed by atoms with Crippen molar-refractivity contribution >= 4 is 32.4 Å². The summed E-state index contributed by atoms with van der Waals surface area (Å²) >= 11 is 1.54. The van der Waals surface area contributed by atoms with Gasteiger partial charge in [-0.15, -0.1) is 11.3 Å². The van der Waals surface area contributed by atoms with Crippen LogP contribution < -0.4 is 5.32 Å². The number of carbonyl (C=O) groups is 1. The Hall–Kier alpha value is -1.77. The summed E-state index contributed by atoms with van der Waals surface area (Å²) < 4.78 is 26.6. The van der Waals surface area contributed by atoms with Crippen LogP contribution in [-0.2, 0) is 22.9 Å². The molecule has 144 valence electrons. The molecule has 0 saturated carbocycles. The van der Waals surface area contributed by atoms with E-state index in [9.17, 15) is 13.2 Å². The summed E-state index contributed by atoms with van der Waals surface area (Å²) in [6.07, 6.45) is 4.92. The number of sulfonamides is 1. The lowest BCUT2D eigenvalue weighted by molar-refractivity contribution is 0.102. The molecular weight excluding hydrogens is 382 g/mol. The van der Waals surface area contributed by atoms with E-state index in [-0.39, 0.29) is 10.8 Å². The van der Waals surface area contributed by atoms with Gasteiger partial charge in [0, 0.05) is 23.5 Å². The van der Waals surface area contributed by atoms with E-state index < -0.39 is 10.0 Å². The molecule has 4 rings (SSSR count). The monoisotopic (exact) mass is 405 g/mol. The lowest BCUT2D eigenvalue weighted by atomic mass is 9.93. The minimum atomic E-state index is -3.46. The number of thiazole rings is 1. The third-order valence-corrected chi connectivity index (χ3v) is 8.17. The Labute approximate surface area is 163 Å². The molecule has 0 spiro atoms. The highest BCUT2D eigenvalue weighted by molar-refractivity contribution is 7.89. The third kappa shape index (κ3) is 3.79. The first-order chi connectivity index (χ1) is 12.9. The predicted octanol–water partition coefficient (Wildman–Crippen LogP) is 3.30. The molecule has 1 saturated heterocycles. The molecule has 1 amide bonds. The van der Waals surface area contributed by atoms with Crippen LogP contribution in [0.5, 0.6) is 0 Å². The summed E-state index contributed by atoms with van der Waals surface area (Å²) in [6, 6.07) is 6.15. The quantitative estimate of drug-likeness (QED) is 0.846. The van der Waals surface area contributed by atoms with E-state index in [4.69, 9.17) is 0 Å². The van der Waals surface area contributed by atoms with Gasteiger partial charge in [-0.05, 0) is 62.3 Å². The number of aromatic nitrogens is 1. The number of nitrogens with zero attached hydrogens (tertiary/aromatic N) is 2. The highest BCUT2D eigenvalue weighted by atomic mass is 32.2. The van der Waals surface area contributed by atoms with Crippen molar-refractivity contribution in [3.8, 4) is 0 Å². The molecule has 1 aliphatic carbocycles. The molecular formula is C19H23N3O3S2. The van der Waals surface area contributed by atoms with Crippen LogP contribution in [0.2, 0.25) is 0 Å². The fourth-order valence-electron chi connectivity index (χ4n) is 3.62. The maximum Gasteiger partial charge on any atom is 0.257 e. The van der Waals surface area contributed by atoms with Gasteiger partial charge in [0.05, 0.1) is 10.6 Å². The van der Waals surface area contributed by atoms with Gasteiger partial charge in [0.25, 0.3) is 5.91 Å². The second-order valence-corrected chi connectivity index (χ2v) is 10.3. The van der Waals surface area contributed by atoms with Crippen molar-refractivity contribution in [2.24, 2.45) is 5.92 Å². The molecule has 0 radical (unpaired) electrons. The molecule has 1 aromatic carbocycles. The molecule has 1 fully saturated rings. The van der Waals surface area contributed by atoms with Crippen LogP contribution in [0, 0.1) is 5.92 Å². The van der Waals surface area contributed by atoms with E-state index in [1.54, 1.807) is 23.5 Å². The summed E-state index contributed by atoms with van der Waals surface area (Å²) in [6.45, 7) is 3.37. The van der Waals surface area contributed by atoms with Gasteiger partial charge in [0.1, 0.15) is 0 Å². The number of nitrogens with one attached hydrogen (secondary N) is 1. The lowest BCUT2D eigenvalue weighted by Gasteiger charge is -2.15. The molecule has 2 aliphatic rings. The number of fused-ring (bicyclic) bond motifs is 1. The molecule has 1 N–H and O–H groups in total. The summed E-state index contributed by atoms with van der Waals surface area (Å²) in [5, 5.41) is 3.47. The first-order valence-electron chi connectivity index (χ1n) is 9.33. The van der Waals surface area contributed by atoms with Crippen molar-refractivity contribution in [3.05, 3.63) is 40.4 Å². The van der Waals surface area contributed by atoms with Crippen molar-refractivity contribution in [1.82, 2.24) is 9.29 Å². The number of anilines is 1. The maximum absolute atomic E-state index is 12.6. The Bertz CT molecular complexity index is 945. The Kier molecular flexibility index (Phi) is 5.05. The molecule has 2 aromatic rings. The van der Waals surface area contributed by atoms with Gasteiger partial charge >= 0.3 is 0 Å². The van der Waals surface area contributed by atoms with E-state index >= 15 is 0 Å². The molecule has 1 aliphatic heterocycles. The molecule has 0 unspecified atom stereocenters. The summed E-state index contributed by atoms with van der Waals surface area (Å²) in [4.78, 5) is 18.5. The molecule has 1 atom stereocenters. The number of hydrogen-bond acceptors (Lipinski definition) is 5. The smallest absolute Gasteiger partial charge is 0.257 e. The van der Waals surface area contributed by atoms with Crippen molar-refractivity contribution in [1.29, 1.82) is 0 Å². The number of carbonyl (C=O) groups excluding carboxylic acids is 1. The molecule has 6 nitrogen and oxygen atoms in total. The summed E-state index contributed by atoms with van der Waals surface area (Å²) in [5.74, 6) is 0.394. The number of hydrogen-bond donors (Lipinski definition) is 1. The van der Waals surface area contributed by atoms with Gasteiger partial charge in [0.2, 0.25) is 10.0 Å². The number of aryl methyl sites for hydroxylation is 1. The zero-order chi connectivity index (χ0) is 19.0. The fourth-order valence-corrected chi connectivity index (χ4v) is 6.30. The van der Waals surface area contributed by atoms with Gasteiger partial charge in [-0.3, -0.25) is 10.1 Å². The Balaban J connectivity index is 1.47. The minimum Gasteiger partial charge on any atom is -0.298 e. The van der Waals surface area contributed by atoms with E-state index in [0.29, 0.717) is 29.7 Å². The van der Waals surface area contributed by atoms with Crippen molar-refractivity contribution in [3.63, 3.8) is 0 Å². The van der Waals surface area contributed by atoms with E-state index in [2.05, 4.69) is 17.2 Å². The summed E-state index contributed by atoms with van der Waals surface area (Å²) in [7, 11) is -3.46. The summed E-state index contributed by atoms with van der Waals surface area (Å²) in [5.41, 5.74) is 1.53. The Morgan fingerprint density at radius 1 is 1.22 bits per heavy atom. The van der Waals surface area contributed by atoms with Gasteiger partial charge < -0.3 is 0 Å². The number of benzene rings is 1. The van der Waals surface area contributed by atoms with E-state index in [1.165, 1.54) is 21.3 Å². The first kappa shape index (κ1) is 18.6. The maximum atomic E-state index is 12.6.